The number of aliphatic hydroxyl groups is 1. The van der Waals surface area contributed by atoms with Crippen LogP contribution in [0.5, 0.6) is 0 Å². The van der Waals surface area contributed by atoms with Gasteiger partial charge in [0.15, 0.2) is 5.79 Å². The summed E-state index contributed by atoms with van der Waals surface area (Å²) in [5.41, 5.74) is 1.62. The highest BCUT2D eigenvalue weighted by Crippen LogP contribution is 2.73. The summed E-state index contributed by atoms with van der Waals surface area (Å²) in [7, 11) is 0. The van der Waals surface area contributed by atoms with Crippen LogP contribution in [0, 0.1) is 17.3 Å². The van der Waals surface area contributed by atoms with Crippen molar-refractivity contribution in [3.8, 4) is 0 Å². The minimum absolute atomic E-state index is 0.0225. The molecule has 3 saturated carbocycles. The average Bonchev–Trinajstić information content (AvgIpc) is 2.88. The number of ether oxygens (including phenoxy) is 3. The third kappa shape index (κ3) is 1.52. The van der Waals surface area contributed by atoms with Crippen molar-refractivity contribution < 1.29 is 19.3 Å². The van der Waals surface area contributed by atoms with Crippen LogP contribution in [0.3, 0.4) is 0 Å². The monoisotopic (exact) mass is 332 g/mol. The van der Waals surface area contributed by atoms with Gasteiger partial charge in [0, 0.05) is 18.3 Å². The van der Waals surface area contributed by atoms with Crippen LogP contribution >= 0.6 is 0 Å². The number of epoxide rings is 1. The van der Waals surface area contributed by atoms with Crippen LogP contribution in [-0.2, 0) is 14.2 Å². The maximum absolute atomic E-state index is 10.5. The van der Waals surface area contributed by atoms with Crippen LogP contribution in [0.1, 0.15) is 58.3 Å². The number of rotatable bonds is 0. The van der Waals surface area contributed by atoms with Gasteiger partial charge in [0.1, 0.15) is 11.2 Å². The molecule has 6 atom stereocenters. The molecule has 0 aromatic heterocycles. The van der Waals surface area contributed by atoms with E-state index in [1.54, 1.807) is 5.57 Å². The summed E-state index contributed by atoms with van der Waals surface area (Å²) in [4.78, 5) is 0. The summed E-state index contributed by atoms with van der Waals surface area (Å²) < 4.78 is 18.6. The van der Waals surface area contributed by atoms with Crippen molar-refractivity contribution in [1.29, 1.82) is 0 Å². The van der Waals surface area contributed by atoms with E-state index in [0.29, 0.717) is 11.8 Å². The average molecular weight is 332 g/mol. The Balaban J connectivity index is 1.36. The molecule has 4 nitrogen and oxygen atoms in total. The lowest BCUT2D eigenvalue weighted by Gasteiger charge is -2.49. The summed E-state index contributed by atoms with van der Waals surface area (Å²) in [6, 6.07) is 0. The van der Waals surface area contributed by atoms with Gasteiger partial charge in [-0.3, -0.25) is 0 Å². The Labute approximate surface area is 143 Å². The van der Waals surface area contributed by atoms with E-state index in [0.717, 1.165) is 51.7 Å². The van der Waals surface area contributed by atoms with Crippen molar-refractivity contribution >= 4 is 0 Å². The quantitative estimate of drug-likeness (QED) is 0.547. The first-order chi connectivity index (χ1) is 11.5. The fraction of sp³-hybridized carbons (Fsp3) is 0.900. The van der Waals surface area contributed by atoms with Gasteiger partial charge in [-0.15, -0.1) is 0 Å². The van der Waals surface area contributed by atoms with Gasteiger partial charge < -0.3 is 19.3 Å². The normalized spacial score (nSPS) is 56.9. The molecule has 0 aromatic carbocycles. The van der Waals surface area contributed by atoms with Crippen LogP contribution in [0.2, 0.25) is 0 Å². The molecule has 2 saturated heterocycles. The van der Waals surface area contributed by atoms with E-state index in [9.17, 15) is 5.11 Å². The summed E-state index contributed by atoms with van der Waals surface area (Å²) in [6.07, 6.45) is 10.8. The lowest BCUT2D eigenvalue weighted by molar-refractivity contribution is -0.185. The van der Waals surface area contributed by atoms with E-state index in [-0.39, 0.29) is 28.5 Å². The number of aliphatic hydroxyl groups excluding tert-OH is 1. The maximum Gasteiger partial charge on any atom is 0.171 e. The Hall–Kier alpha value is -0.420. The van der Waals surface area contributed by atoms with Crippen molar-refractivity contribution in [1.82, 2.24) is 0 Å². The first-order valence-electron chi connectivity index (χ1n) is 9.89. The van der Waals surface area contributed by atoms with Gasteiger partial charge in [0.05, 0.1) is 19.3 Å². The SMILES string of the molecule is C[C@]12CC=C3[C@@H](CC[C@@]45CC6(CC[C@@]34O5)OCCO6)[C@H]1CC[C@H]2O. The maximum atomic E-state index is 10.5. The first-order valence-corrected chi connectivity index (χ1v) is 9.89. The molecule has 1 spiro atoms. The molecule has 6 rings (SSSR count). The van der Waals surface area contributed by atoms with Gasteiger partial charge in [-0.2, -0.15) is 0 Å². The van der Waals surface area contributed by atoms with Gasteiger partial charge in [-0.25, -0.2) is 0 Å². The van der Waals surface area contributed by atoms with E-state index in [2.05, 4.69) is 13.0 Å². The molecule has 1 N–H and O–H groups in total. The minimum atomic E-state index is -0.361. The molecule has 6 aliphatic rings. The third-order valence-corrected chi connectivity index (χ3v) is 8.62. The molecule has 5 fully saturated rings. The van der Waals surface area contributed by atoms with Crippen molar-refractivity contribution in [3.63, 3.8) is 0 Å². The lowest BCUT2D eigenvalue weighted by atomic mass is 9.54. The molecule has 0 aromatic rings. The Morgan fingerprint density at radius 2 is 1.92 bits per heavy atom. The number of allylic oxidation sites excluding steroid dienone is 1. The number of hydrogen-bond acceptors (Lipinski definition) is 4. The van der Waals surface area contributed by atoms with Gasteiger partial charge in [-0.05, 0) is 55.9 Å². The second-order valence-electron chi connectivity index (χ2n) is 9.42. The van der Waals surface area contributed by atoms with Gasteiger partial charge in [0.2, 0.25) is 0 Å². The smallest absolute Gasteiger partial charge is 0.171 e. The Morgan fingerprint density at radius 1 is 1.08 bits per heavy atom. The van der Waals surface area contributed by atoms with Crippen molar-refractivity contribution in [2.45, 2.75) is 81.4 Å². The predicted molar refractivity (Wildman–Crippen MR) is 87.3 cm³/mol. The Kier molecular flexibility index (Phi) is 2.62. The van der Waals surface area contributed by atoms with E-state index >= 15 is 0 Å². The standard InChI is InChI=1S/C20H28O4/c1-17-6-5-15-13(14(17)2-3-16(17)21)4-7-18-12-19(22-10-11-23-19)8-9-20(15,18)24-18/h5,13-14,16,21H,2-4,6-12H2,1H3/t13-,14+,16+,17-,18+,20+/m0/s1. The molecule has 4 heteroatoms. The summed E-state index contributed by atoms with van der Waals surface area (Å²) in [5.74, 6) is 0.898. The molecule has 24 heavy (non-hydrogen) atoms. The zero-order valence-corrected chi connectivity index (χ0v) is 14.6. The molecule has 132 valence electrons. The highest BCUT2D eigenvalue weighted by Gasteiger charge is 2.79. The first kappa shape index (κ1) is 14.7. The molecular formula is C20H28O4. The fourth-order valence-corrected chi connectivity index (χ4v) is 7.31. The van der Waals surface area contributed by atoms with Crippen LogP contribution in [0.25, 0.3) is 0 Å². The van der Waals surface area contributed by atoms with Crippen molar-refractivity contribution in [3.05, 3.63) is 11.6 Å². The van der Waals surface area contributed by atoms with E-state index < -0.39 is 0 Å². The third-order valence-electron chi connectivity index (χ3n) is 8.62. The summed E-state index contributed by atoms with van der Waals surface area (Å²) >= 11 is 0. The molecule has 0 bridgehead atoms. The summed E-state index contributed by atoms with van der Waals surface area (Å²) in [6.45, 7) is 3.77. The van der Waals surface area contributed by atoms with Crippen LogP contribution in [0.15, 0.2) is 11.6 Å². The molecular weight excluding hydrogens is 304 g/mol. The number of hydrogen-bond donors (Lipinski definition) is 1. The largest absolute Gasteiger partial charge is 0.393 e. The van der Waals surface area contributed by atoms with E-state index in [1.807, 2.05) is 0 Å². The molecule has 2 aliphatic heterocycles. The lowest BCUT2D eigenvalue weighted by Crippen LogP contribution is -2.52. The molecule has 0 unspecified atom stereocenters. The zero-order chi connectivity index (χ0) is 16.2. The molecule has 4 aliphatic carbocycles. The van der Waals surface area contributed by atoms with Gasteiger partial charge in [-0.1, -0.05) is 13.0 Å². The van der Waals surface area contributed by atoms with Crippen LogP contribution < -0.4 is 0 Å². The fourth-order valence-electron chi connectivity index (χ4n) is 7.31. The van der Waals surface area contributed by atoms with Crippen LogP contribution in [0.4, 0.5) is 0 Å². The predicted octanol–water partition coefficient (Wildman–Crippen LogP) is 2.94. The zero-order valence-electron chi connectivity index (χ0n) is 14.6. The molecule has 0 amide bonds. The number of fused-ring (bicyclic) bond motifs is 3. The second-order valence-corrected chi connectivity index (χ2v) is 9.42. The summed E-state index contributed by atoms with van der Waals surface area (Å²) in [5, 5.41) is 10.5. The van der Waals surface area contributed by atoms with E-state index in [4.69, 9.17) is 14.2 Å². The van der Waals surface area contributed by atoms with Crippen molar-refractivity contribution in [2.24, 2.45) is 17.3 Å². The molecule has 2 heterocycles. The Bertz CT molecular complexity index is 623. The highest BCUT2D eigenvalue weighted by atomic mass is 16.7. The highest BCUT2D eigenvalue weighted by molar-refractivity contribution is 5.43. The Morgan fingerprint density at radius 3 is 2.75 bits per heavy atom. The van der Waals surface area contributed by atoms with Gasteiger partial charge >= 0.3 is 0 Å². The van der Waals surface area contributed by atoms with Gasteiger partial charge in [0.25, 0.3) is 0 Å². The second kappa shape index (κ2) is 4.28. The topological polar surface area (TPSA) is 51.2 Å². The minimum Gasteiger partial charge on any atom is -0.393 e. The van der Waals surface area contributed by atoms with Crippen LogP contribution in [-0.4, -0.2) is 41.4 Å². The van der Waals surface area contributed by atoms with Crippen molar-refractivity contribution in [2.75, 3.05) is 13.2 Å². The van der Waals surface area contributed by atoms with E-state index in [1.165, 1.54) is 12.8 Å². The molecule has 0 radical (unpaired) electrons.